The fraction of sp³-hybridized carbons (Fsp3) is 0.682. The molecule has 0 bridgehead atoms. The number of carbonyl (C=O) groups is 3. The lowest BCUT2D eigenvalue weighted by molar-refractivity contribution is -0.136. The van der Waals surface area contributed by atoms with Crippen LogP contribution in [0.4, 0.5) is 10.6 Å². The van der Waals surface area contributed by atoms with Crippen LogP contribution >= 0.6 is 23.4 Å². The molecule has 0 saturated carbocycles. The smallest absolute Gasteiger partial charge is 0.317 e. The summed E-state index contributed by atoms with van der Waals surface area (Å²) in [4.78, 5) is 52.9. The summed E-state index contributed by atoms with van der Waals surface area (Å²) >= 11 is 7.53. The van der Waals surface area contributed by atoms with Crippen LogP contribution in [0.1, 0.15) is 33.6 Å². The number of nitrogens with zero attached hydrogens (tertiary/aromatic N) is 6. The molecule has 34 heavy (non-hydrogen) atoms. The average Bonchev–Trinajstić information content (AvgIpc) is 2.82. The van der Waals surface area contributed by atoms with Crippen molar-refractivity contribution in [2.45, 2.75) is 44.8 Å². The van der Waals surface area contributed by atoms with Crippen molar-refractivity contribution in [3.05, 3.63) is 11.2 Å². The van der Waals surface area contributed by atoms with Crippen molar-refractivity contribution in [1.29, 1.82) is 0 Å². The maximum atomic E-state index is 12.6. The van der Waals surface area contributed by atoms with Crippen molar-refractivity contribution in [2.75, 3.05) is 63.0 Å². The van der Waals surface area contributed by atoms with Gasteiger partial charge in [0.25, 0.3) is 0 Å². The van der Waals surface area contributed by atoms with Gasteiger partial charge in [-0.1, -0.05) is 36.7 Å². The molecule has 3 heterocycles. The van der Waals surface area contributed by atoms with Gasteiger partial charge < -0.3 is 24.9 Å². The summed E-state index contributed by atoms with van der Waals surface area (Å²) in [5, 5.41) is 3.75. The molecule has 0 spiro atoms. The highest BCUT2D eigenvalue weighted by atomic mass is 35.5. The summed E-state index contributed by atoms with van der Waals surface area (Å²) in [6.07, 6.45) is 2.01. The Morgan fingerprint density at radius 1 is 1.12 bits per heavy atom. The van der Waals surface area contributed by atoms with Crippen LogP contribution in [0.3, 0.4) is 0 Å². The van der Waals surface area contributed by atoms with E-state index in [-0.39, 0.29) is 29.6 Å². The van der Waals surface area contributed by atoms with E-state index in [1.807, 2.05) is 11.8 Å². The minimum absolute atomic E-state index is 0.00495. The molecule has 1 unspecified atom stereocenters. The van der Waals surface area contributed by atoms with E-state index < -0.39 is 0 Å². The van der Waals surface area contributed by atoms with Gasteiger partial charge in [-0.05, 0) is 13.3 Å². The molecule has 1 atom stereocenters. The van der Waals surface area contributed by atoms with Gasteiger partial charge in [0.1, 0.15) is 11.0 Å². The van der Waals surface area contributed by atoms with E-state index in [9.17, 15) is 14.4 Å². The van der Waals surface area contributed by atoms with Gasteiger partial charge in [0.15, 0.2) is 5.16 Å². The van der Waals surface area contributed by atoms with Crippen LogP contribution in [0.25, 0.3) is 0 Å². The van der Waals surface area contributed by atoms with Crippen LogP contribution in [-0.2, 0) is 9.59 Å². The molecule has 1 N–H and O–H groups in total. The molecular weight excluding hydrogens is 478 g/mol. The normalized spacial score (nSPS) is 18.8. The quantitative estimate of drug-likeness (QED) is 0.258. The lowest BCUT2D eigenvalue weighted by Crippen LogP contribution is -2.56. The first-order chi connectivity index (χ1) is 16.3. The molecule has 2 aliphatic rings. The molecule has 1 aromatic heterocycles. The number of nitrogens with one attached hydrogen (secondary N) is 1. The van der Waals surface area contributed by atoms with Crippen LogP contribution < -0.4 is 10.2 Å². The van der Waals surface area contributed by atoms with Gasteiger partial charge in [-0.15, -0.1) is 0 Å². The molecule has 4 amide bonds. The molecule has 1 aromatic rings. The van der Waals surface area contributed by atoms with E-state index in [0.29, 0.717) is 68.5 Å². The van der Waals surface area contributed by atoms with E-state index in [1.54, 1.807) is 22.8 Å². The zero-order valence-corrected chi connectivity index (χ0v) is 21.7. The fourth-order valence-corrected chi connectivity index (χ4v) is 5.03. The molecule has 0 radical (unpaired) electrons. The zero-order chi connectivity index (χ0) is 24.7. The number of amides is 4. The molecule has 2 fully saturated rings. The summed E-state index contributed by atoms with van der Waals surface area (Å²) in [5.41, 5.74) is 0. The van der Waals surface area contributed by atoms with Crippen molar-refractivity contribution >= 4 is 47.0 Å². The Kier molecular flexibility index (Phi) is 9.63. The summed E-state index contributed by atoms with van der Waals surface area (Å²) in [7, 11) is 0. The van der Waals surface area contributed by atoms with Gasteiger partial charge in [0.05, 0.1) is 5.75 Å². The molecule has 188 valence electrons. The maximum absolute atomic E-state index is 12.6. The number of rotatable bonds is 7. The van der Waals surface area contributed by atoms with Crippen molar-refractivity contribution in [3.8, 4) is 0 Å². The number of carbonyl (C=O) groups excluding carboxylic acids is 3. The van der Waals surface area contributed by atoms with Crippen molar-refractivity contribution in [2.24, 2.45) is 0 Å². The molecule has 12 heteroatoms. The number of anilines is 1. The number of thioether (sulfide) groups is 1. The summed E-state index contributed by atoms with van der Waals surface area (Å²) < 4.78 is 0. The minimum atomic E-state index is -0.0276. The predicted molar refractivity (Wildman–Crippen MR) is 133 cm³/mol. The first-order valence-corrected chi connectivity index (χ1v) is 13.1. The Balaban J connectivity index is 1.53. The standard InChI is InChI=1S/C22H34ClN7O3S/c1-4-5-6-24-22(33)30-12-11-29(14-16(30)2)19-13-18(23)25-21(26-19)34-15-20(32)28-9-7-27(8-10-28)17(3)31/h13,16H,4-12,14-15H2,1-3H3,(H,24,33). The highest BCUT2D eigenvalue weighted by molar-refractivity contribution is 7.99. The van der Waals surface area contributed by atoms with E-state index in [1.165, 1.54) is 11.8 Å². The van der Waals surface area contributed by atoms with Crippen molar-refractivity contribution in [3.63, 3.8) is 0 Å². The van der Waals surface area contributed by atoms with Crippen molar-refractivity contribution < 1.29 is 14.4 Å². The third-order valence-electron chi connectivity index (χ3n) is 6.08. The third kappa shape index (κ3) is 7.11. The lowest BCUT2D eigenvalue weighted by atomic mass is 10.2. The second-order valence-electron chi connectivity index (χ2n) is 8.58. The van der Waals surface area contributed by atoms with Gasteiger partial charge in [-0.2, -0.15) is 0 Å². The minimum Gasteiger partial charge on any atom is -0.353 e. The Bertz CT molecular complexity index is 882. The van der Waals surface area contributed by atoms with Crippen LogP contribution in [0, 0.1) is 0 Å². The van der Waals surface area contributed by atoms with E-state index in [4.69, 9.17) is 11.6 Å². The molecule has 0 aliphatic carbocycles. The second kappa shape index (κ2) is 12.4. The number of hydrogen-bond acceptors (Lipinski definition) is 7. The Hall–Kier alpha value is -2.27. The maximum Gasteiger partial charge on any atom is 0.317 e. The van der Waals surface area contributed by atoms with Crippen molar-refractivity contribution in [1.82, 2.24) is 30.0 Å². The average molecular weight is 512 g/mol. The second-order valence-corrected chi connectivity index (χ2v) is 9.91. The Morgan fingerprint density at radius 2 is 1.82 bits per heavy atom. The number of unbranched alkanes of at least 4 members (excludes halogenated alkanes) is 1. The van der Waals surface area contributed by atoms with E-state index in [0.717, 1.165) is 12.8 Å². The molecule has 0 aromatic carbocycles. The molecular formula is C22H34ClN7O3S. The molecule has 10 nitrogen and oxygen atoms in total. The van der Waals surface area contributed by atoms with E-state index in [2.05, 4.69) is 27.1 Å². The summed E-state index contributed by atoms with van der Waals surface area (Å²) in [6, 6.07) is 1.72. The van der Waals surface area contributed by atoms with E-state index >= 15 is 0 Å². The molecule has 2 aliphatic heterocycles. The topological polar surface area (TPSA) is 102 Å². The number of piperazine rings is 2. The molecule has 3 rings (SSSR count). The van der Waals surface area contributed by atoms with Gasteiger partial charge >= 0.3 is 6.03 Å². The molecule has 2 saturated heterocycles. The van der Waals surface area contributed by atoms with Gasteiger partial charge in [-0.3, -0.25) is 9.59 Å². The first-order valence-electron chi connectivity index (χ1n) is 11.8. The predicted octanol–water partition coefficient (Wildman–Crippen LogP) is 1.93. The van der Waals surface area contributed by atoms with Gasteiger partial charge in [0, 0.05) is 71.4 Å². The summed E-state index contributed by atoms with van der Waals surface area (Å²) in [5.74, 6) is 0.938. The Morgan fingerprint density at radius 3 is 2.47 bits per heavy atom. The number of halogens is 1. The fourth-order valence-electron chi connectivity index (χ4n) is 4.04. The highest BCUT2D eigenvalue weighted by Gasteiger charge is 2.28. The van der Waals surface area contributed by atoms with Gasteiger partial charge in [0.2, 0.25) is 11.8 Å². The monoisotopic (exact) mass is 511 g/mol. The van der Waals surface area contributed by atoms with Gasteiger partial charge in [-0.25, -0.2) is 14.8 Å². The van der Waals surface area contributed by atoms with Crippen LogP contribution in [0.5, 0.6) is 0 Å². The van der Waals surface area contributed by atoms with Crippen LogP contribution in [0.2, 0.25) is 5.15 Å². The van der Waals surface area contributed by atoms with Crippen LogP contribution in [0.15, 0.2) is 11.2 Å². The third-order valence-corrected chi connectivity index (χ3v) is 7.11. The number of aromatic nitrogens is 2. The first kappa shape index (κ1) is 26.3. The SMILES string of the molecule is CCCCNC(=O)N1CCN(c2cc(Cl)nc(SCC(=O)N3CCN(C(C)=O)CC3)n2)CC1C. The lowest BCUT2D eigenvalue weighted by Gasteiger charge is -2.40. The highest BCUT2D eigenvalue weighted by Crippen LogP contribution is 2.24. The number of hydrogen-bond donors (Lipinski definition) is 1. The summed E-state index contributed by atoms with van der Waals surface area (Å²) in [6.45, 7) is 10.4. The largest absolute Gasteiger partial charge is 0.353 e. The zero-order valence-electron chi connectivity index (χ0n) is 20.1. The van der Waals surface area contributed by atoms with Crippen LogP contribution in [-0.4, -0.2) is 107 Å². The Labute approximate surface area is 210 Å². The number of urea groups is 1.